The van der Waals surface area contributed by atoms with E-state index in [1.165, 1.54) is 0 Å². The fourth-order valence-electron chi connectivity index (χ4n) is 3.26. The maximum atomic E-state index is 12.6. The second kappa shape index (κ2) is 6.51. The lowest BCUT2D eigenvalue weighted by molar-refractivity contribution is 0.0934. The van der Waals surface area contributed by atoms with E-state index in [0.29, 0.717) is 11.2 Å². The van der Waals surface area contributed by atoms with E-state index in [0.717, 1.165) is 37.4 Å². The molecule has 128 valence electrons. The highest BCUT2D eigenvalue weighted by molar-refractivity contribution is 5.99. The highest BCUT2D eigenvalue weighted by Crippen LogP contribution is 2.18. The molecule has 7 nitrogen and oxygen atoms in total. The zero-order valence-electron chi connectivity index (χ0n) is 14.1. The van der Waals surface area contributed by atoms with Gasteiger partial charge >= 0.3 is 0 Å². The predicted molar refractivity (Wildman–Crippen MR) is 94.7 cm³/mol. The Morgan fingerprint density at radius 3 is 3.12 bits per heavy atom. The van der Waals surface area contributed by atoms with Gasteiger partial charge in [-0.15, -0.1) is 0 Å². The molecule has 0 spiro atoms. The fourth-order valence-corrected chi connectivity index (χ4v) is 3.26. The summed E-state index contributed by atoms with van der Waals surface area (Å²) < 4.78 is 1.61. The van der Waals surface area contributed by atoms with Gasteiger partial charge in [0.05, 0.1) is 6.20 Å². The lowest BCUT2D eigenvalue weighted by Gasteiger charge is -2.34. The number of nitrogens with zero attached hydrogens (tertiary/aromatic N) is 5. The van der Waals surface area contributed by atoms with Gasteiger partial charge < -0.3 is 10.2 Å². The third-order valence-electron chi connectivity index (χ3n) is 4.48. The smallest absolute Gasteiger partial charge is 0.257 e. The normalized spacial score (nSPS) is 17.6. The SMILES string of the molecule is Cc1cccc(N2CCC[C@H](NC(=O)c3cnn4cccnc34)C2)n1. The topological polar surface area (TPSA) is 75.4 Å². The van der Waals surface area contributed by atoms with E-state index in [1.54, 1.807) is 29.2 Å². The van der Waals surface area contributed by atoms with Crippen LogP contribution in [0.1, 0.15) is 28.9 Å². The fraction of sp³-hybridized carbons (Fsp3) is 0.333. The second-order valence-electron chi connectivity index (χ2n) is 6.34. The number of hydrogen-bond donors (Lipinski definition) is 1. The summed E-state index contributed by atoms with van der Waals surface area (Å²) in [7, 11) is 0. The molecule has 1 amide bonds. The minimum atomic E-state index is -0.127. The number of carbonyl (C=O) groups excluding carboxylic acids is 1. The van der Waals surface area contributed by atoms with E-state index in [1.807, 2.05) is 25.1 Å². The molecule has 25 heavy (non-hydrogen) atoms. The summed E-state index contributed by atoms with van der Waals surface area (Å²) in [6, 6.07) is 7.90. The number of carbonyl (C=O) groups is 1. The average Bonchev–Trinajstić information content (AvgIpc) is 3.06. The number of nitrogens with one attached hydrogen (secondary N) is 1. The van der Waals surface area contributed by atoms with Crippen molar-refractivity contribution >= 4 is 17.4 Å². The Morgan fingerprint density at radius 2 is 2.24 bits per heavy atom. The van der Waals surface area contributed by atoms with Gasteiger partial charge in [0.25, 0.3) is 5.91 Å². The minimum absolute atomic E-state index is 0.0854. The largest absolute Gasteiger partial charge is 0.355 e. The number of anilines is 1. The van der Waals surface area contributed by atoms with Crippen LogP contribution in [0.25, 0.3) is 5.65 Å². The van der Waals surface area contributed by atoms with Crippen LogP contribution in [-0.4, -0.2) is 44.6 Å². The molecule has 1 atom stereocenters. The van der Waals surface area contributed by atoms with E-state index in [4.69, 9.17) is 0 Å². The highest BCUT2D eigenvalue weighted by atomic mass is 16.1. The van der Waals surface area contributed by atoms with Crippen LogP contribution in [0.15, 0.2) is 42.9 Å². The molecule has 4 heterocycles. The summed E-state index contributed by atoms with van der Waals surface area (Å²) in [5, 5.41) is 7.30. The van der Waals surface area contributed by atoms with Gasteiger partial charge in [-0.1, -0.05) is 6.07 Å². The Morgan fingerprint density at radius 1 is 1.32 bits per heavy atom. The molecular formula is C18H20N6O. The number of hydrogen-bond acceptors (Lipinski definition) is 5. The Hall–Kier alpha value is -2.96. The van der Waals surface area contributed by atoms with Gasteiger partial charge in [-0.25, -0.2) is 14.5 Å². The standard InChI is InChI=1S/C18H20N6O/c1-13-5-2-7-16(21-13)23-9-3-6-14(12-23)22-18(25)15-11-20-24-10-4-8-19-17(15)24/h2,4-5,7-8,10-11,14H,3,6,9,12H2,1H3,(H,22,25)/t14-/m0/s1. The molecule has 1 fully saturated rings. The van der Waals surface area contributed by atoms with Crippen LogP contribution < -0.4 is 10.2 Å². The zero-order chi connectivity index (χ0) is 17.2. The minimum Gasteiger partial charge on any atom is -0.355 e. The summed E-state index contributed by atoms with van der Waals surface area (Å²) in [6.07, 6.45) is 7.00. The molecule has 0 aromatic carbocycles. The van der Waals surface area contributed by atoms with Crippen molar-refractivity contribution in [3.05, 3.63) is 54.1 Å². The van der Waals surface area contributed by atoms with Crippen molar-refractivity contribution in [3.63, 3.8) is 0 Å². The highest BCUT2D eigenvalue weighted by Gasteiger charge is 2.24. The van der Waals surface area contributed by atoms with E-state index in [2.05, 4.69) is 25.3 Å². The van der Waals surface area contributed by atoms with Gasteiger partial charge in [-0.3, -0.25) is 4.79 Å². The van der Waals surface area contributed by atoms with Crippen LogP contribution in [0.3, 0.4) is 0 Å². The quantitative estimate of drug-likeness (QED) is 0.790. The van der Waals surface area contributed by atoms with Gasteiger partial charge in [0.2, 0.25) is 0 Å². The molecule has 0 bridgehead atoms. The first-order valence-corrected chi connectivity index (χ1v) is 8.48. The molecule has 0 saturated carbocycles. The summed E-state index contributed by atoms with van der Waals surface area (Å²) in [5.74, 6) is 0.842. The summed E-state index contributed by atoms with van der Waals surface area (Å²) >= 11 is 0. The van der Waals surface area contributed by atoms with Crippen LogP contribution >= 0.6 is 0 Å². The number of fused-ring (bicyclic) bond motifs is 1. The van der Waals surface area contributed by atoms with Gasteiger partial charge in [0, 0.05) is 37.2 Å². The molecule has 1 aliphatic rings. The van der Waals surface area contributed by atoms with Gasteiger partial charge in [-0.2, -0.15) is 5.10 Å². The maximum absolute atomic E-state index is 12.6. The number of aromatic nitrogens is 4. The average molecular weight is 336 g/mol. The molecule has 7 heteroatoms. The lowest BCUT2D eigenvalue weighted by atomic mass is 10.1. The Bertz CT molecular complexity index is 905. The Balaban J connectivity index is 1.48. The van der Waals surface area contributed by atoms with Crippen LogP contribution in [0.2, 0.25) is 0 Å². The Kier molecular flexibility index (Phi) is 4.05. The second-order valence-corrected chi connectivity index (χ2v) is 6.34. The zero-order valence-corrected chi connectivity index (χ0v) is 14.1. The molecular weight excluding hydrogens is 316 g/mol. The molecule has 3 aromatic rings. The van der Waals surface area contributed by atoms with Crippen LogP contribution in [0, 0.1) is 6.92 Å². The van der Waals surface area contributed by atoms with E-state index >= 15 is 0 Å². The first-order chi connectivity index (χ1) is 12.2. The van der Waals surface area contributed by atoms with E-state index < -0.39 is 0 Å². The lowest BCUT2D eigenvalue weighted by Crippen LogP contribution is -2.48. The van der Waals surface area contributed by atoms with Crippen molar-refractivity contribution < 1.29 is 4.79 Å². The van der Waals surface area contributed by atoms with E-state index in [-0.39, 0.29) is 11.9 Å². The third kappa shape index (κ3) is 3.17. The molecule has 0 aliphatic carbocycles. The summed E-state index contributed by atoms with van der Waals surface area (Å²) in [5.41, 5.74) is 2.08. The summed E-state index contributed by atoms with van der Waals surface area (Å²) in [4.78, 5) is 23.7. The molecule has 0 unspecified atom stereocenters. The first kappa shape index (κ1) is 15.6. The van der Waals surface area contributed by atoms with Crippen molar-refractivity contribution in [2.75, 3.05) is 18.0 Å². The number of amides is 1. The summed E-state index contributed by atoms with van der Waals surface area (Å²) in [6.45, 7) is 3.71. The molecule has 3 aromatic heterocycles. The monoisotopic (exact) mass is 336 g/mol. The molecule has 1 saturated heterocycles. The predicted octanol–water partition coefficient (Wildman–Crippen LogP) is 1.83. The van der Waals surface area contributed by atoms with Gasteiger partial charge in [0.1, 0.15) is 11.4 Å². The number of rotatable bonds is 3. The van der Waals surface area contributed by atoms with Crippen LogP contribution in [0.5, 0.6) is 0 Å². The van der Waals surface area contributed by atoms with Gasteiger partial charge in [0.15, 0.2) is 5.65 Å². The van der Waals surface area contributed by atoms with Crippen molar-refractivity contribution in [1.82, 2.24) is 24.9 Å². The first-order valence-electron chi connectivity index (χ1n) is 8.48. The van der Waals surface area contributed by atoms with Crippen LogP contribution in [-0.2, 0) is 0 Å². The molecule has 1 N–H and O–H groups in total. The van der Waals surface area contributed by atoms with Gasteiger partial charge in [-0.05, 0) is 38.0 Å². The molecule has 4 rings (SSSR count). The number of pyridine rings is 1. The van der Waals surface area contributed by atoms with Crippen molar-refractivity contribution in [1.29, 1.82) is 0 Å². The van der Waals surface area contributed by atoms with Crippen molar-refractivity contribution in [2.24, 2.45) is 0 Å². The van der Waals surface area contributed by atoms with Crippen molar-refractivity contribution in [3.8, 4) is 0 Å². The number of piperidine rings is 1. The van der Waals surface area contributed by atoms with Crippen LogP contribution in [0.4, 0.5) is 5.82 Å². The third-order valence-corrected chi connectivity index (χ3v) is 4.48. The van der Waals surface area contributed by atoms with E-state index in [9.17, 15) is 4.79 Å². The van der Waals surface area contributed by atoms with Crippen molar-refractivity contribution in [2.45, 2.75) is 25.8 Å². The molecule has 0 radical (unpaired) electrons. The maximum Gasteiger partial charge on any atom is 0.257 e. The number of aryl methyl sites for hydroxylation is 1. The molecule has 1 aliphatic heterocycles. The Labute approximate surface area is 145 Å².